The van der Waals surface area contributed by atoms with Crippen molar-refractivity contribution in [3.8, 4) is 0 Å². The molecule has 3 aromatic rings. The van der Waals surface area contributed by atoms with Crippen LogP contribution in [0.25, 0.3) is 5.52 Å². The van der Waals surface area contributed by atoms with Gasteiger partial charge in [-0.1, -0.05) is 18.2 Å². The molecular formula is C21H22N6O2. The number of anilines is 1. The molecule has 0 atom stereocenters. The molecule has 3 aromatic heterocycles. The molecule has 1 fully saturated rings. The second-order valence-electron chi connectivity index (χ2n) is 6.71. The Morgan fingerprint density at radius 2 is 1.90 bits per heavy atom. The van der Waals surface area contributed by atoms with Crippen LogP contribution in [0.3, 0.4) is 0 Å². The highest BCUT2D eigenvalue weighted by atomic mass is 16.2. The topological polar surface area (TPSA) is 82.8 Å². The van der Waals surface area contributed by atoms with E-state index in [2.05, 4.69) is 26.8 Å². The van der Waals surface area contributed by atoms with Crippen molar-refractivity contribution in [2.75, 3.05) is 37.6 Å². The smallest absolute Gasteiger partial charge is 0.290 e. The fourth-order valence-electron chi connectivity index (χ4n) is 3.43. The highest BCUT2D eigenvalue weighted by Crippen LogP contribution is 2.17. The number of amides is 2. The van der Waals surface area contributed by atoms with Gasteiger partial charge >= 0.3 is 0 Å². The molecule has 1 saturated heterocycles. The maximum atomic E-state index is 13.2. The summed E-state index contributed by atoms with van der Waals surface area (Å²) in [5.41, 5.74) is 0.840. The van der Waals surface area contributed by atoms with Crippen LogP contribution in [0.1, 0.15) is 21.1 Å². The average Bonchev–Trinajstić information content (AvgIpc) is 3.17. The number of pyridine rings is 2. The van der Waals surface area contributed by atoms with Crippen LogP contribution in [0.5, 0.6) is 0 Å². The normalized spacial score (nSPS) is 14.1. The molecule has 0 bridgehead atoms. The molecule has 29 heavy (non-hydrogen) atoms. The number of rotatable bonds is 5. The van der Waals surface area contributed by atoms with E-state index in [1.54, 1.807) is 33.8 Å². The van der Waals surface area contributed by atoms with Gasteiger partial charge in [0.2, 0.25) is 5.82 Å². The van der Waals surface area contributed by atoms with E-state index in [0.717, 1.165) is 5.82 Å². The van der Waals surface area contributed by atoms with Gasteiger partial charge in [0, 0.05) is 45.1 Å². The number of imidazole rings is 1. The third-order valence-corrected chi connectivity index (χ3v) is 4.90. The molecule has 1 aliphatic rings. The number of nitrogens with zero attached hydrogens (tertiary/aromatic N) is 5. The lowest BCUT2D eigenvalue weighted by molar-refractivity contribution is 0.0733. The monoisotopic (exact) mass is 390 g/mol. The van der Waals surface area contributed by atoms with Crippen LogP contribution >= 0.6 is 0 Å². The summed E-state index contributed by atoms with van der Waals surface area (Å²) < 4.78 is 1.68. The Morgan fingerprint density at radius 1 is 1.10 bits per heavy atom. The van der Waals surface area contributed by atoms with Gasteiger partial charge in [0.05, 0.1) is 5.52 Å². The van der Waals surface area contributed by atoms with Crippen molar-refractivity contribution in [2.45, 2.75) is 0 Å². The maximum Gasteiger partial charge on any atom is 0.290 e. The van der Waals surface area contributed by atoms with E-state index in [-0.39, 0.29) is 23.3 Å². The van der Waals surface area contributed by atoms with E-state index in [0.29, 0.717) is 38.2 Å². The van der Waals surface area contributed by atoms with E-state index >= 15 is 0 Å². The van der Waals surface area contributed by atoms with Crippen molar-refractivity contribution < 1.29 is 9.59 Å². The summed E-state index contributed by atoms with van der Waals surface area (Å²) in [4.78, 5) is 38.3. The molecule has 0 radical (unpaired) electrons. The third kappa shape index (κ3) is 3.69. The van der Waals surface area contributed by atoms with Gasteiger partial charge in [0.1, 0.15) is 5.82 Å². The molecule has 0 aliphatic carbocycles. The molecule has 0 saturated carbocycles. The third-order valence-electron chi connectivity index (χ3n) is 4.90. The number of nitrogens with one attached hydrogen (secondary N) is 1. The summed E-state index contributed by atoms with van der Waals surface area (Å²) in [7, 11) is 0. The minimum absolute atomic E-state index is 0.186. The largest absolute Gasteiger partial charge is 0.353 e. The molecule has 0 spiro atoms. The van der Waals surface area contributed by atoms with Crippen molar-refractivity contribution in [1.82, 2.24) is 24.6 Å². The number of hydrogen-bond acceptors (Lipinski definition) is 5. The molecule has 4 rings (SSSR count). The van der Waals surface area contributed by atoms with Crippen molar-refractivity contribution in [2.24, 2.45) is 0 Å². The molecular weight excluding hydrogens is 368 g/mol. The van der Waals surface area contributed by atoms with E-state index < -0.39 is 0 Å². The molecule has 4 heterocycles. The first-order valence-corrected chi connectivity index (χ1v) is 9.50. The molecule has 8 heteroatoms. The lowest BCUT2D eigenvalue weighted by Crippen LogP contribution is -2.49. The van der Waals surface area contributed by atoms with Gasteiger partial charge in [-0.3, -0.25) is 14.0 Å². The molecule has 0 aromatic carbocycles. The summed E-state index contributed by atoms with van der Waals surface area (Å²) in [5, 5.41) is 2.73. The van der Waals surface area contributed by atoms with Gasteiger partial charge in [0.15, 0.2) is 5.69 Å². The van der Waals surface area contributed by atoms with Crippen LogP contribution in [-0.4, -0.2) is 63.8 Å². The van der Waals surface area contributed by atoms with Crippen molar-refractivity contribution >= 4 is 23.1 Å². The summed E-state index contributed by atoms with van der Waals surface area (Å²) in [6, 6.07) is 11.2. The van der Waals surface area contributed by atoms with Crippen LogP contribution in [0, 0.1) is 0 Å². The summed E-state index contributed by atoms with van der Waals surface area (Å²) in [6.45, 7) is 6.45. The van der Waals surface area contributed by atoms with E-state index in [1.165, 1.54) is 0 Å². The van der Waals surface area contributed by atoms with Crippen molar-refractivity contribution in [3.63, 3.8) is 0 Å². The number of aromatic nitrogens is 3. The Hall–Kier alpha value is -3.68. The van der Waals surface area contributed by atoms with E-state index in [4.69, 9.17) is 0 Å². The first-order valence-electron chi connectivity index (χ1n) is 9.50. The second-order valence-corrected chi connectivity index (χ2v) is 6.71. The van der Waals surface area contributed by atoms with Gasteiger partial charge in [0.25, 0.3) is 11.8 Å². The number of carbonyl (C=O) groups excluding carboxylic acids is 2. The predicted molar refractivity (Wildman–Crippen MR) is 110 cm³/mol. The van der Waals surface area contributed by atoms with Crippen LogP contribution < -0.4 is 10.2 Å². The number of fused-ring (bicyclic) bond motifs is 1. The fraction of sp³-hybridized carbons (Fsp3) is 0.238. The minimum atomic E-state index is -0.326. The Kier molecular flexibility index (Phi) is 5.24. The Balaban J connectivity index is 1.55. The highest BCUT2D eigenvalue weighted by molar-refractivity contribution is 6.02. The summed E-state index contributed by atoms with van der Waals surface area (Å²) in [5.74, 6) is 0.643. The average molecular weight is 390 g/mol. The highest BCUT2D eigenvalue weighted by Gasteiger charge is 2.28. The van der Waals surface area contributed by atoms with Gasteiger partial charge in [-0.05, 0) is 24.3 Å². The molecule has 1 N–H and O–H groups in total. The Bertz CT molecular complexity index is 1040. The van der Waals surface area contributed by atoms with E-state index in [9.17, 15) is 9.59 Å². The zero-order valence-corrected chi connectivity index (χ0v) is 16.0. The maximum absolute atomic E-state index is 13.2. The summed E-state index contributed by atoms with van der Waals surface area (Å²) >= 11 is 0. The zero-order valence-electron chi connectivity index (χ0n) is 16.0. The molecule has 1 aliphatic heterocycles. The Labute approximate surface area is 168 Å². The van der Waals surface area contributed by atoms with Crippen LogP contribution in [0.4, 0.5) is 5.82 Å². The second kappa shape index (κ2) is 8.14. The number of carbonyl (C=O) groups is 2. The van der Waals surface area contributed by atoms with Crippen molar-refractivity contribution in [3.05, 3.63) is 73.0 Å². The fourth-order valence-corrected chi connectivity index (χ4v) is 3.43. The SMILES string of the molecule is C=CCNC(=O)c1nc(C(=O)N2CCN(c3ccccn3)CC2)n2ccccc12. The van der Waals surface area contributed by atoms with Crippen LogP contribution in [0.15, 0.2) is 61.4 Å². The molecule has 8 nitrogen and oxygen atoms in total. The molecule has 0 unspecified atom stereocenters. The van der Waals surface area contributed by atoms with E-state index in [1.807, 2.05) is 30.3 Å². The number of hydrogen-bond donors (Lipinski definition) is 1. The first-order chi connectivity index (χ1) is 14.2. The number of piperazine rings is 1. The first kappa shape index (κ1) is 18.7. The molecule has 148 valence electrons. The minimum Gasteiger partial charge on any atom is -0.353 e. The van der Waals surface area contributed by atoms with Crippen LogP contribution in [-0.2, 0) is 0 Å². The van der Waals surface area contributed by atoms with Crippen molar-refractivity contribution in [1.29, 1.82) is 0 Å². The quantitative estimate of drug-likeness (QED) is 0.670. The van der Waals surface area contributed by atoms with Gasteiger partial charge < -0.3 is 15.1 Å². The zero-order chi connectivity index (χ0) is 20.2. The van der Waals surface area contributed by atoms with Gasteiger partial charge in [-0.2, -0.15) is 0 Å². The lowest BCUT2D eigenvalue weighted by Gasteiger charge is -2.35. The van der Waals surface area contributed by atoms with Gasteiger partial charge in [-0.25, -0.2) is 9.97 Å². The van der Waals surface area contributed by atoms with Crippen LogP contribution in [0.2, 0.25) is 0 Å². The molecule has 2 amide bonds. The van der Waals surface area contributed by atoms with Gasteiger partial charge in [-0.15, -0.1) is 6.58 Å². The standard InChI is InChI=1S/C21H22N6O2/c1-2-9-23-20(28)18-16-7-4-6-11-27(16)19(24-18)21(29)26-14-12-25(13-15-26)17-8-3-5-10-22-17/h2-8,10-11H,1,9,12-15H2,(H,23,28). The summed E-state index contributed by atoms with van der Waals surface area (Å²) in [6.07, 6.45) is 5.12. The predicted octanol–water partition coefficient (Wildman–Crippen LogP) is 1.61. The Morgan fingerprint density at radius 3 is 2.62 bits per heavy atom. The lowest BCUT2D eigenvalue weighted by atomic mass is 10.3.